The molecule has 2 heterocycles. The van der Waals surface area contributed by atoms with Crippen molar-refractivity contribution in [3.8, 4) is 11.1 Å². The second-order valence-electron chi connectivity index (χ2n) is 5.88. The van der Waals surface area contributed by atoms with Gasteiger partial charge in [0.1, 0.15) is 22.6 Å². The van der Waals surface area contributed by atoms with Crippen LogP contribution < -0.4 is 0 Å². The predicted molar refractivity (Wildman–Crippen MR) is 91.2 cm³/mol. The molecule has 0 saturated heterocycles. The van der Waals surface area contributed by atoms with E-state index in [1.807, 2.05) is 0 Å². The summed E-state index contributed by atoms with van der Waals surface area (Å²) < 4.78 is 43.5. The van der Waals surface area contributed by atoms with E-state index in [1.54, 1.807) is 12.3 Å². The van der Waals surface area contributed by atoms with Gasteiger partial charge in [-0.25, -0.2) is 22.7 Å². The number of halogens is 4. The number of benzene rings is 1. The van der Waals surface area contributed by atoms with E-state index in [-0.39, 0.29) is 16.3 Å². The fraction of sp³-hybridized carbons (Fsp3) is 0.333. The summed E-state index contributed by atoms with van der Waals surface area (Å²) in [7, 11) is 0. The van der Waals surface area contributed by atoms with Gasteiger partial charge in [0.25, 0.3) is 0 Å². The molecule has 0 aliphatic rings. The number of aryl methyl sites for hydroxylation is 1. The number of unbranched alkanes of at least 4 members (excludes halogenated alkanes) is 3. The van der Waals surface area contributed by atoms with Crippen LogP contribution in [-0.2, 0) is 6.42 Å². The van der Waals surface area contributed by atoms with Gasteiger partial charge >= 0.3 is 0 Å². The van der Waals surface area contributed by atoms with Gasteiger partial charge in [-0.15, -0.1) is 0 Å². The molecule has 0 bridgehead atoms. The maximum absolute atomic E-state index is 14.3. The maximum atomic E-state index is 14.3. The van der Waals surface area contributed by atoms with Gasteiger partial charge in [-0.3, -0.25) is 0 Å². The lowest BCUT2D eigenvalue weighted by Crippen LogP contribution is -2.07. The maximum Gasteiger partial charge on any atom is 0.157 e. The van der Waals surface area contributed by atoms with E-state index in [0.717, 1.165) is 25.7 Å². The van der Waals surface area contributed by atoms with Crippen LogP contribution >= 0.6 is 11.6 Å². The van der Waals surface area contributed by atoms with Crippen LogP contribution in [0.3, 0.4) is 0 Å². The summed E-state index contributed by atoms with van der Waals surface area (Å²) in [5, 5.41) is 4.17. The largest absolute Gasteiger partial charge is 0.219 e. The summed E-state index contributed by atoms with van der Waals surface area (Å²) in [5.74, 6) is -3.00. The first-order chi connectivity index (χ1) is 12.0. The number of hydrogen-bond donors (Lipinski definition) is 0. The van der Waals surface area contributed by atoms with Crippen LogP contribution in [0.5, 0.6) is 0 Å². The van der Waals surface area contributed by atoms with Crippen LogP contribution in [0, 0.1) is 17.5 Å². The first-order valence-electron chi connectivity index (χ1n) is 8.20. The van der Waals surface area contributed by atoms with Crippen LogP contribution in [0.1, 0.15) is 38.3 Å². The lowest BCUT2D eigenvalue weighted by Gasteiger charge is -2.15. The quantitative estimate of drug-likeness (QED) is 0.420. The highest BCUT2D eigenvalue weighted by Crippen LogP contribution is 2.35. The first-order valence-corrected chi connectivity index (χ1v) is 8.57. The summed E-state index contributed by atoms with van der Waals surface area (Å²) in [5.41, 5.74) is 0.828. The van der Waals surface area contributed by atoms with Crippen LogP contribution in [0.15, 0.2) is 24.4 Å². The smallest absolute Gasteiger partial charge is 0.157 e. The van der Waals surface area contributed by atoms with Crippen molar-refractivity contribution in [3.05, 3.63) is 52.7 Å². The SMILES string of the molecule is CCCCCCc1c(-c2c(F)cc(F)cc2F)c(Cl)nc2ccnn12. The molecule has 132 valence electrons. The fourth-order valence-electron chi connectivity index (χ4n) is 2.95. The van der Waals surface area contributed by atoms with E-state index in [1.165, 1.54) is 4.52 Å². The summed E-state index contributed by atoms with van der Waals surface area (Å²) >= 11 is 6.24. The lowest BCUT2D eigenvalue weighted by atomic mass is 10.00. The van der Waals surface area contributed by atoms with Gasteiger partial charge in [0.2, 0.25) is 0 Å². The third-order valence-corrected chi connectivity index (χ3v) is 4.38. The Morgan fingerprint density at radius 3 is 2.44 bits per heavy atom. The average Bonchev–Trinajstić information content (AvgIpc) is 3.00. The molecule has 0 saturated carbocycles. The molecule has 0 aliphatic heterocycles. The van der Waals surface area contributed by atoms with Crippen molar-refractivity contribution in [1.29, 1.82) is 0 Å². The van der Waals surface area contributed by atoms with E-state index in [0.29, 0.717) is 29.9 Å². The van der Waals surface area contributed by atoms with Gasteiger partial charge in [0.15, 0.2) is 5.65 Å². The minimum atomic E-state index is -1.01. The van der Waals surface area contributed by atoms with E-state index in [2.05, 4.69) is 17.0 Å². The average molecular weight is 368 g/mol. The molecule has 0 unspecified atom stereocenters. The molecule has 1 aromatic carbocycles. The Morgan fingerprint density at radius 2 is 1.76 bits per heavy atom. The molecule has 0 radical (unpaired) electrons. The van der Waals surface area contributed by atoms with E-state index in [9.17, 15) is 13.2 Å². The van der Waals surface area contributed by atoms with E-state index >= 15 is 0 Å². The standard InChI is InChI=1S/C18H17ClF3N3/c1-2-3-4-5-6-14-17(16-12(21)9-11(20)10-13(16)22)18(19)24-15-7-8-23-25(14)15/h7-10H,2-6H2,1H3. The Morgan fingerprint density at radius 1 is 1.04 bits per heavy atom. The highest BCUT2D eigenvalue weighted by Gasteiger charge is 2.23. The molecule has 0 N–H and O–H groups in total. The number of aromatic nitrogens is 3. The molecule has 0 fully saturated rings. The molecule has 0 amide bonds. The van der Waals surface area contributed by atoms with Crippen LogP contribution in [0.4, 0.5) is 13.2 Å². The predicted octanol–water partition coefficient (Wildman–Crippen LogP) is 5.59. The monoisotopic (exact) mass is 367 g/mol. The summed E-state index contributed by atoms with van der Waals surface area (Å²) in [4.78, 5) is 4.16. The van der Waals surface area contributed by atoms with Crippen molar-refractivity contribution in [2.24, 2.45) is 0 Å². The van der Waals surface area contributed by atoms with Gasteiger partial charge in [0, 0.05) is 23.8 Å². The van der Waals surface area contributed by atoms with Crippen LogP contribution in [0.2, 0.25) is 5.15 Å². The van der Waals surface area contributed by atoms with Crippen molar-refractivity contribution in [2.75, 3.05) is 0 Å². The zero-order valence-corrected chi connectivity index (χ0v) is 14.5. The molecule has 0 atom stereocenters. The highest BCUT2D eigenvalue weighted by atomic mass is 35.5. The molecule has 3 rings (SSSR count). The molecule has 0 aliphatic carbocycles. The summed E-state index contributed by atoms with van der Waals surface area (Å²) in [6, 6.07) is 2.95. The summed E-state index contributed by atoms with van der Waals surface area (Å²) in [6.07, 6.45) is 6.02. The minimum Gasteiger partial charge on any atom is -0.219 e. The van der Waals surface area contributed by atoms with Crippen LogP contribution in [-0.4, -0.2) is 14.6 Å². The normalized spacial score (nSPS) is 11.4. The van der Waals surface area contributed by atoms with Gasteiger partial charge in [-0.2, -0.15) is 5.10 Å². The summed E-state index contributed by atoms with van der Waals surface area (Å²) in [6.45, 7) is 2.10. The second-order valence-corrected chi connectivity index (χ2v) is 6.24. The number of nitrogens with zero attached hydrogens (tertiary/aromatic N) is 3. The molecule has 0 spiro atoms. The number of rotatable bonds is 6. The highest BCUT2D eigenvalue weighted by molar-refractivity contribution is 6.32. The topological polar surface area (TPSA) is 30.2 Å². The van der Waals surface area contributed by atoms with Crippen LogP contribution in [0.25, 0.3) is 16.8 Å². The molecule has 2 aromatic heterocycles. The zero-order valence-electron chi connectivity index (χ0n) is 13.7. The Hall–Kier alpha value is -2.08. The molecule has 25 heavy (non-hydrogen) atoms. The Bertz CT molecular complexity index is 885. The third kappa shape index (κ3) is 3.49. The Labute approximate surface area is 148 Å². The minimum absolute atomic E-state index is 0.0251. The van der Waals surface area contributed by atoms with Crippen molar-refractivity contribution in [2.45, 2.75) is 39.0 Å². The third-order valence-electron chi connectivity index (χ3n) is 4.11. The van der Waals surface area contributed by atoms with Crippen molar-refractivity contribution in [3.63, 3.8) is 0 Å². The zero-order chi connectivity index (χ0) is 18.0. The molecular weight excluding hydrogens is 351 g/mol. The van der Waals surface area contributed by atoms with E-state index < -0.39 is 17.5 Å². The second kappa shape index (κ2) is 7.44. The number of fused-ring (bicyclic) bond motifs is 1. The van der Waals surface area contributed by atoms with Gasteiger partial charge < -0.3 is 0 Å². The van der Waals surface area contributed by atoms with Crippen molar-refractivity contribution in [1.82, 2.24) is 14.6 Å². The fourth-order valence-corrected chi connectivity index (χ4v) is 3.24. The van der Waals surface area contributed by atoms with Gasteiger partial charge in [-0.05, 0) is 12.8 Å². The molecule has 3 nitrogen and oxygen atoms in total. The lowest BCUT2D eigenvalue weighted by molar-refractivity contribution is 0.547. The first kappa shape index (κ1) is 17.7. The number of hydrogen-bond acceptors (Lipinski definition) is 2. The van der Waals surface area contributed by atoms with Crippen molar-refractivity contribution < 1.29 is 13.2 Å². The molecular formula is C18H17ClF3N3. The Balaban J connectivity index is 2.18. The van der Waals surface area contributed by atoms with E-state index in [4.69, 9.17) is 11.6 Å². The van der Waals surface area contributed by atoms with Gasteiger partial charge in [0.05, 0.1) is 17.5 Å². The van der Waals surface area contributed by atoms with Gasteiger partial charge in [-0.1, -0.05) is 37.8 Å². The molecule has 7 heteroatoms. The Kier molecular flexibility index (Phi) is 5.27. The molecule has 3 aromatic rings. The van der Waals surface area contributed by atoms with Crippen molar-refractivity contribution >= 4 is 17.2 Å².